The average Bonchev–Trinajstić information content (AvgIpc) is 2.21. The lowest BCUT2D eigenvalue weighted by molar-refractivity contribution is -0.232. The molecule has 0 aromatic heterocycles. The van der Waals surface area contributed by atoms with Crippen LogP contribution in [-0.4, -0.2) is 32.9 Å². The number of hydrogen-bond donors (Lipinski definition) is 0. The molecular formula is C8H13O4. The third-order valence-electron chi connectivity index (χ3n) is 1.96. The first-order chi connectivity index (χ1) is 5.97. The molecule has 0 spiro atoms. The van der Waals surface area contributed by atoms with E-state index < -0.39 is 0 Å². The summed E-state index contributed by atoms with van der Waals surface area (Å²) in [6, 6.07) is 0. The molecule has 69 valence electrons. The van der Waals surface area contributed by atoms with E-state index in [0.717, 1.165) is 13.0 Å². The summed E-state index contributed by atoms with van der Waals surface area (Å²) in [4.78, 5) is 0. The molecule has 2 rings (SSSR count). The van der Waals surface area contributed by atoms with Gasteiger partial charge >= 0.3 is 0 Å². The Kier molecular flexibility index (Phi) is 2.94. The van der Waals surface area contributed by atoms with Gasteiger partial charge in [-0.3, -0.25) is 0 Å². The maximum Gasteiger partial charge on any atom is 0.165 e. The normalized spacial score (nSPS) is 29.0. The SMILES string of the molecule is [CH]1CCOC(C2COCOC2)O1. The van der Waals surface area contributed by atoms with Crippen LogP contribution in [0.25, 0.3) is 0 Å². The summed E-state index contributed by atoms with van der Waals surface area (Å²) < 4.78 is 21.0. The van der Waals surface area contributed by atoms with Crippen molar-refractivity contribution in [3.8, 4) is 0 Å². The molecule has 4 heteroatoms. The van der Waals surface area contributed by atoms with Gasteiger partial charge in [0, 0.05) is 0 Å². The lowest BCUT2D eigenvalue weighted by atomic mass is 10.1. The molecular weight excluding hydrogens is 160 g/mol. The van der Waals surface area contributed by atoms with Gasteiger partial charge < -0.3 is 18.9 Å². The second kappa shape index (κ2) is 4.18. The minimum atomic E-state index is -0.168. The minimum Gasteiger partial charge on any atom is -0.355 e. The van der Waals surface area contributed by atoms with Gasteiger partial charge in [0.2, 0.25) is 0 Å². The molecule has 0 N–H and O–H groups in total. The lowest BCUT2D eigenvalue weighted by Gasteiger charge is -2.32. The second-order valence-electron chi connectivity index (χ2n) is 2.95. The fraction of sp³-hybridized carbons (Fsp3) is 0.875. The van der Waals surface area contributed by atoms with Crippen molar-refractivity contribution in [2.45, 2.75) is 12.7 Å². The van der Waals surface area contributed by atoms with Gasteiger partial charge in [-0.2, -0.15) is 0 Å². The van der Waals surface area contributed by atoms with Crippen LogP contribution < -0.4 is 0 Å². The summed E-state index contributed by atoms with van der Waals surface area (Å²) >= 11 is 0. The van der Waals surface area contributed by atoms with Crippen LogP contribution >= 0.6 is 0 Å². The average molecular weight is 173 g/mol. The van der Waals surface area contributed by atoms with Crippen molar-refractivity contribution in [1.82, 2.24) is 0 Å². The van der Waals surface area contributed by atoms with Gasteiger partial charge in [0.05, 0.1) is 32.3 Å². The number of hydrogen-bond acceptors (Lipinski definition) is 4. The molecule has 2 saturated heterocycles. The molecule has 1 radical (unpaired) electrons. The Hall–Kier alpha value is -0.160. The van der Waals surface area contributed by atoms with Crippen LogP contribution in [0.1, 0.15) is 6.42 Å². The highest BCUT2D eigenvalue weighted by Crippen LogP contribution is 2.19. The first kappa shape index (κ1) is 8.44. The number of rotatable bonds is 1. The zero-order valence-corrected chi connectivity index (χ0v) is 6.90. The van der Waals surface area contributed by atoms with E-state index in [2.05, 4.69) is 0 Å². The highest BCUT2D eigenvalue weighted by atomic mass is 16.7. The highest BCUT2D eigenvalue weighted by Gasteiger charge is 2.28. The van der Waals surface area contributed by atoms with Crippen LogP contribution in [-0.2, 0) is 18.9 Å². The molecule has 0 aromatic carbocycles. The van der Waals surface area contributed by atoms with Crippen LogP contribution in [0.3, 0.4) is 0 Å². The Bertz CT molecular complexity index is 111. The fourth-order valence-electron chi connectivity index (χ4n) is 1.34. The molecule has 2 heterocycles. The van der Waals surface area contributed by atoms with Crippen molar-refractivity contribution < 1.29 is 18.9 Å². The van der Waals surface area contributed by atoms with Crippen LogP contribution in [0.4, 0.5) is 0 Å². The second-order valence-corrected chi connectivity index (χ2v) is 2.95. The van der Waals surface area contributed by atoms with Gasteiger partial charge in [-0.15, -0.1) is 0 Å². The predicted octanol–water partition coefficient (Wildman–Crippen LogP) is 0.532. The molecule has 2 aliphatic rings. The monoisotopic (exact) mass is 173 g/mol. The lowest BCUT2D eigenvalue weighted by Crippen LogP contribution is -2.38. The Labute approximate surface area is 71.7 Å². The molecule has 4 nitrogen and oxygen atoms in total. The van der Waals surface area contributed by atoms with E-state index in [1.54, 1.807) is 6.61 Å². The number of ether oxygens (including phenoxy) is 4. The predicted molar refractivity (Wildman–Crippen MR) is 40.0 cm³/mol. The van der Waals surface area contributed by atoms with Gasteiger partial charge in [-0.1, -0.05) is 0 Å². The van der Waals surface area contributed by atoms with Crippen LogP contribution in [0.2, 0.25) is 0 Å². The van der Waals surface area contributed by atoms with Crippen LogP contribution in [0, 0.1) is 12.5 Å². The molecule has 0 aliphatic carbocycles. The highest BCUT2D eigenvalue weighted by molar-refractivity contribution is 4.69. The molecule has 0 bridgehead atoms. The van der Waals surface area contributed by atoms with E-state index in [4.69, 9.17) is 18.9 Å². The molecule has 2 fully saturated rings. The summed E-state index contributed by atoms with van der Waals surface area (Å²) in [5.41, 5.74) is 0. The van der Waals surface area contributed by atoms with E-state index in [-0.39, 0.29) is 12.2 Å². The van der Waals surface area contributed by atoms with Crippen molar-refractivity contribution in [3.05, 3.63) is 6.61 Å². The van der Waals surface area contributed by atoms with E-state index in [0.29, 0.717) is 20.0 Å². The van der Waals surface area contributed by atoms with Crippen molar-refractivity contribution in [3.63, 3.8) is 0 Å². The maximum absolute atomic E-state index is 5.40. The van der Waals surface area contributed by atoms with Gasteiger partial charge in [-0.25, -0.2) is 0 Å². The first-order valence-corrected chi connectivity index (χ1v) is 4.21. The Morgan fingerprint density at radius 2 is 2.00 bits per heavy atom. The molecule has 12 heavy (non-hydrogen) atoms. The molecule has 2 aliphatic heterocycles. The third-order valence-corrected chi connectivity index (χ3v) is 1.96. The van der Waals surface area contributed by atoms with E-state index in [1.165, 1.54) is 0 Å². The summed E-state index contributed by atoms with van der Waals surface area (Å²) in [7, 11) is 0. The Morgan fingerprint density at radius 1 is 1.17 bits per heavy atom. The fourth-order valence-corrected chi connectivity index (χ4v) is 1.34. The zero-order valence-electron chi connectivity index (χ0n) is 6.90. The van der Waals surface area contributed by atoms with Crippen molar-refractivity contribution in [2.24, 2.45) is 5.92 Å². The van der Waals surface area contributed by atoms with Gasteiger partial charge in [0.1, 0.15) is 6.79 Å². The molecule has 1 atom stereocenters. The zero-order chi connectivity index (χ0) is 8.23. The largest absolute Gasteiger partial charge is 0.355 e. The van der Waals surface area contributed by atoms with Crippen LogP contribution in [0.5, 0.6) is 0 Å². The topological polar surface area (TPSA) is 36.9 Å². The van der Waals surface area contributed by atoms with E-state index in [1.807, 2.05) is 0 Å². The van der Waals surface area contributed by atoms with Gasteiger partial charge in [0.25, 0.3) is 0 Å². The summed E-state index contributed by atoms with van der Waals surface area (Å²) in [5, 5.41) is 0. The third kappa shape index (κ3) is 1.95. The maximum atomic E-state index is 5.40. The first-order valence-electron chi connectivity index (χ1n) is 4.21. The van der Waals surface area contributed by atoms with Crippen molar-refractivity contribution >= 4 is 0 Å². The summed E-state index contributed by atoms with van der Waals surface area (Å²) in [6.45, 7) is 4.26. The van der Waals surface area contributed by atoms with E-state index >= 15 is 0 Å². The summed E-state index contributed by atoms with van der Waals surface area (Å²) in [6.07, 6.45) is 0.698. The van der Waals surface area contributed by atoms with Crippen molar-refractivity contribution in [1.29, 1.82) is 0 Å². The molecule has 0 amide bonds. The summed E-state index contributed by atoms with van der Waals surface area (Å²) in [5.74, 6) is 0.218. The smallest absolute Gasteiger partial charge is 0.165 e. The quantitative estimate of drug-likeness (QED) is 0.579. The van der Waals surface area contributed by atoms with E-state index in [9.17, 15) is 0 Å². The molecule has 1 unspecified atom stereocenters. The Morgan fingerprint density at radius 3 is 2.67 bits per heavy atom. The standard InChI is InChI=1S/C8H13O4/c1-2-11-8(12-3-1)7-4-9-6-10-5-7/h2,7-8H,1,3-6H2. The minimum absolute atomic E-state index is 0.168. The van der Waals surface area contributed by atoms with Gasteiger partial charge in [0.15, 0.2) is 6.29 Å². The van der Waals surface area contributed by atoms with Crippen LogP contribution in [0.15, 0.2) is 0 Å². The molecule has 0 saturated carbocycles. The van der Waals surface area contributed by atoms with Gasteiger partial charge in [-0.05, 0) is 6.42 Å². The molecule has 0 aromatic rings. The Balaban J connectivity index is 1.80. The van der Waals surface area contributed by atoms with Crippen molar-refractivity contribution in [2.75, 3.05) is 26.6 Å².